The van der Waals surface area contributed by atoms with Gasteiger partial charge in [0.15, 0.2) is 0 Å². The molecule has 0 saturated carbocycles. The van der Waals surface area contributed by atoms with Gasteiger partial charge < -0.3 is 15.0 Å². The molecule has 2 aliphatic heterocycles. The second kappa shape index (κ2) is 6.91. The van der Waals surface area contributed by atoms with Gasteiger partial charge in [-0.1, -0.05) is 18.2 Å². The Kier molecular flexibility index (Phi) is 4.34. The van der Waals surface area contributed by atoms with Crippen LogP contribution in [0.1, 0.15) is 30.1 Å². The molecule has 9 heteroatoms. The Morgan fingerprint density at radius 2 is 1.93 bits per heavy atom. The van der Waals surface area contributed by atoms with Gasteiger partial charge in [-0.15, -0.1) is 0 Å². The lowest BCUT2D eigenvalue weighted by Crippen LogP contribution is -2.47. The first-order chi connectivity index (χ1) is 14.0. The molecule has 6 nitrogen and oxygen atoms in total. The van der Waals surface area contributed by atoms with Gasteiger partial charge in [-0.25, -0.2) is 9.97 Å². The van der Waals surface area contributed by atoms with Crippen LogP contribution in [-0.4, -0.2) is 45.6 Å². The Morgan fingerprint density at radius 3 is 2.72 bits per heavy atom. The molecule has 0 bridgehead atoms. The molecule has 5 rings (SSSR count). The lowest BCUT2D eigenvalue weighted by Gasteiger charge is -2.39. The largest absolute Gasteiger partial charge is 0.491 e. The van der Waals surface area contributed by atoms with Crippen LogP contribution >= 0.6 is 0 Å². The summed E-state index contributed by atoms with van der Waals surface area (Å²) < 4.78 is 45.5. The predicted molar refractivity (Wildman–Crippen MR) is 102 cm³/mol. The maximum atomic E-state index is 13.2. The van der Waals surface area contributed by atoms with E-state index in [1.165, 1.54) is 6.33 Å². The SMILES string of the molecule is FC(F)(F)c1cc2c(N[C@@H]3c4ccccc4OC[C@H]3N3CCCC3)ncnc2[nH]1. The molecule has 0 amide bonds. The maximum absolute atomic E-state index is 13.2. The topological polar surface area (TPSA) is 66.1 Å². The molecule has 0 unspecified atom stereocenters. The summed E-state index contributed by atoms with van der Waals surface area (Å²) in [4.78, 5) is 13.0. The minimum absolute atomic E-state index is 0.0680. The molecule has 1 aromatic carbocycles. The predicted octanol–water partition coefficient (Wildman–Crippen LogP) is 3.99. The Bertz CT molecular complexity index is 1030. The summed E-state index contributed by atoms with van der Waals surface area (Å²) in [7, 11) is 0. The van der Waals surface area contributed by atoms with Gasteiger partial charge in [-0.3, -0.25) is 4.90 Å². The minimum Gasteiger partial charge on any atom is -0.491 e. The lowest BCUT2D eigenvalue weighted by molar-refractivity contribution is -0.140. The number of nitrogens with one attached hydrogen (secondary N) is 2. The Labute approximate surface area is 165 Å². The normalized spacial score (nSPS) is 22.4. The molecule has 152 valence electrons. The maximum Gasteiger partial charge on any atom is 0.431 e. The van der Waals surface area contributed by atoms with Gasteiger partial charge in [-0.2, -0.15) is 13.2 Å². The Morgan fingerprint density at radius 1 is 1.14 bits per heavy atom. The number of alkyl halides is 3. The number of rotatable bonds is 3. The van der Waals surface area contributed by atoms with E-state index in [-0.39, 0.29) is 17.7 Å². The highest BCUT2D eigenvalue weighted by Gasteiger charge is 2.37. The molecule has 1 fully saturated rings. The van der Waals surface area contributed by atoms with Crippen LogP contribution in [0, 0.1) is 0 Å². The zero-order valence-corrected chi connectivity index (χ0v) is 15.5. The number of para-hydroxylation sites is 1. The molecule has 3 aromatic rings. The van der Waals surface area contributed by atoms with Gasteiger partial charge >= 0.3 is 6.18 Å². The second-order valence-corrected chi connectivity index (χ2v) is 7.45. The van der Waals surface area contributed by atoms with E-state index in [0.29, 0.717) is 17.8 Å². The first kappa shape index (κ1) is 18.2. The zero-order chi connectivity index (χ0) is 20.0. The fraction of sp³-hybridized carbons (Fsp3) is 0.400. The summed E-state index contributed by atoms with van der Waals surface area (Å²) in [6.45, 7) is 2.48. The quantitative estimate of drug-likeness (QED) is 0.692. The monoisotopic (exact) mass is 403 g/mol. The molecule has 1 saturated heterocycles. The summed E-state index contributed by atoms with van der Waals surface area (Å²) in [5, 5.41) is 3.73. The van der Waals surface area contributed by atoms with Crippen LogP contribution in [0.25, 0.3) is 11.0 Å². The Hall–Kier alpha value is -2.81. The smallest absolute Gasteiger partial charge is 0.431 e. The van der Waals surface area contributed by atoms with Crippen molar-refractivity contribution in [3.05, 3.63) is 47.9 Å². The fourth-order valence-electron chi connectivity index (χ4n) is 4.27. The average Bonchev–Trinajstić information content (AvgIpc) is 3.38. The minimum atomic E-state index is -4.47. The number of hydrogen-bond acceptors (Lipinski definition) is 5. The summed E-state index contributed by atoms with van der Waals surface area (Å²) in [5.74, 6) is 1.17. The van der Waals surface area contributed by atoms with Crippen LogP contribution in [0.15, 0.2) is 36.7 Å². The van der Waals surface area contributed by atoms with E-state index in [1.807, 2.05) is 24.3 Å². The van der Waals surface area contributed by atoms with E-state index in [1.54, 1.807) is 0 Å². The van der Waals surface area contributed by atoms with Crippen LogP contribution in [0.2, 0.25) is 0 Å². The van der Waals surface area contributed by atoms with Crippen molar-refractivity contribution in [2.24, 2.45) is 0 Å². The van der Waals surface area contributed by atoms with E-state index >= 15 is 0 Å². The van der Waals surface area contributed by atoms with Gasteiger partial charge in [0.05, 0.1) is 17.5 Å². The summed E-state index contributed by atoms with van der Waals surface area (Å²) in [6, 6.07) is 8.74. The van der Waals surface area contributed by atoms with E-state index in [0.717, 1.165) is 43.3 Å². The number of anilines is 1. The van der Waals surface area contributed by atoms with Crippen LogP contribution in [0.3, 0.4) is 0 Å². The number of H-pyrrole nitrogens is 1. The van der Waals surface area contributed by atoms with Crippen molar-refractivity contribution in [3.8, 4) is 5.75 Å². The second-order valence-electron chi connectivity index (χ2n) is 7.45. The molecule has 0 radical (unpaired) electrons. The molecule has 0 aliphatic carbocycles. The highest BCUT2D eigenvalue weighted by atomic mass is 19.4. The third kappa shape index (κ3) is 3.29. The van der Waals surface area contributed by atoms with Gasteiger partial charge in [0, 0.05) is 5.56 Å². The van der Waals surface area contributed by atoms with Crippen molar-refractivity contribution in [2.45, 2.75) is 31.1 Å². The van der Waals surface area contributed by atoms with Gasteiger partial charge in [-0.05, 0) is 38.1 Å². The molecule has 29 heavy (non-hydrogen) atoms. The van der Waals surface area contributed by atoms with E-state index in [4.69, 9.17) is 4.74 Å². The molecule has 0 spiro atoms. The zero-order valence-electron chi connectivity index (χ0n) is 15.5. The van der Waals surface area contributed by atoms with Crippen LogP contribution in [0.4, 0.5) is 19.0 Å². The molecular formula is C20H20F3N5O. The molecular weight excluding hydrogens is 383 g/mol. The van der Waals surface area contributed by atoms with E-state index < -0.39 is 11.9 Å². The number of nitrogens with zero attached hydrogens (tertiary/aromatic N) is 3. The van der Waals surface area contributed by atoms with Crippen molar-refractivity contribution in [1.29, 1.82) is 0 Å². The van der Waals surface area contributed by atoms with Crippen LogP contribution < -0.4 is 10.1 Å². The van der Waals surface area contributed by atoms with Crippen molar-refractivity contribution < 1.29 is 17.9 Å². The Balaban J connectivity index is 1.55. The highest BCUT2D eigenvalue weighted by molar-refractivity contribution is 5.88. The molecule has 2 N–H and O–H groups in total. The van der Waals surface area contributed by atoms with Crippen LogP contribution in [-0.2, 0) is 6.18 Å². The molecule has 2 atom stereocenters. The first-order valence-corrected chi connectivity index (χ1v) is 9.64. The number of ether oxygens (including phenoxy) is 1. The number of benzene rings is 1. The van der Waals surface area contributed by atoms with Gasteiger partial charge in [0.1, 0.15) is 35.8 Å². The third-order valence-electron chi connectivity index (χ3n) is 5.68. The van der Waals surface area contributed by atoms with Crippen molar-refractivity contribution in [2.75, 3.05) is 25.0 Å². The highest BCUT2D eigenvalue weighted by Crippen LogP contribution is 2.39. The molecule has 2 aliphatic rings. The van der Waals surface area contributed by atoms with Gasteiger partial charge in [0.2, 0.25) is 0 Å². The number of likely N-dealkylation sites (tertiary alicyclic amines) is 1. The van der Waals surface area contributed by atoms with Crippen molar-refractivity contribution in [1.82, 2.24) is 19.9 Å². The number of aromatic nitrogens is 3. The lowest BCUT2D eigenvalue weighted by atomic mass is 9.95. The number of aromatic amines is 1. The van der Waals surface area contributed by atoms with E-state index in [9.17, 15) is 13.2 Å². The van der Waals surface area contributed by atoms with Gasteiger partial charge in [0.25, 0.3) is 0 Å². The number of fused-ring (bicyclic) bond motifs is 2. The van der Waals surface area contributed by atoms with Crippen LogP contribution in [0.5, 0.6) is 5.75 Å². The van der Waals surface area contributed by atoms with Crippen molar-refractivity contribution >= 4 is 16.9 Å². The fourth-order valence-corrected chi connectivity index (χ4v) is 4.27. The first-order valence-electron chi connectivity index (χ1n) is 9.64. The summed E-state index contributed by atoms with van der Waals surface area (Å²) in [6.07, 6.45) is -0.927. The standard InChI is InChI=1S/C20H20F3N5O/c21-20(22,23)16-9-13-18(26-16)24-11-25-19(13)27-17-12-5-1-2-6-15(12)29-10-14(17)28-7-3-4-8-28/h1-2,5-6,9,11,14,17H,3-4,7-8,10H2,(H2,24,25,26,27)/t14-,17-/m1/s1. The summed E-state index contributed by atoms with van der Waals surface area (Å²) in [5.41, 5.74) is 0.307. The van der Waals surface area contributed by atoms with E-state index in [2.05, 4.69) is 25.2 Å². The van der Waals surface area contributed by atoms with Crippen molar-refractivity contribution in [3.63, 3.8) is 0 Å². The molecule has 4 heterocycles. The number of halogens is 3. The molecule has 2 aromatic heterocycles. The average molecular weight is 403 g/mol. The number of hydrogen-bond donors (Lipinski definition) is 2. The summed E-state index contributed by atoms with van der Waals surface area (Å²) >= 11 is 0. The third-order valence-corrected chi connectivity index (χ3v) is 5.68.